The number of benzene rings is 1. The maximum Gasteiger partial charge on any atom is 0.132 e. The highest BCUT2D eigenvalue weighted by atomic mass is 16.5. The topological polar surface area (TPSA) is 49.4 Å². The largest absolute Gasteiger partial charge is 0.548 e. The number of hydrogen-bond acceptors (Lipinski definition) is 3. The predicted octanol–water partition coefficient (Wildman–Crippen LogP) is 3.70. The van der Waals surface area contributed by atoms with Crippen LogP contribution < -0.4 is 9.59 Å². The molecule has 0 bridgehead atoms. The number of nitrogens with zero attached hydrogens (tertiary/aromatic N) is 1. The molecule has 1 rings (SSSR count). The molecule has 0 aliphatic carbocycles. The van der Waals surface area contributed by atoms with Gasteiger partial charge in [0.15, 0.2) is 0 Å². The Labute approximate surface area is 159 Å². The van der Waals surface area contributed by atoms with Gasteiger partial charge >= 0.3 is 0 Å². The minimum absolute atomic E-state index is 0.143. The van der Waals surface area contributed by atoms with Crippen LogP contribution in [-0.4, -0.2) is 39.3 Å². The number of aryl methyl sites for hydroxylation is 1. The Morgan fingerprint density at radius 3 is 2.19 bits per heavy atom. The van der Waals surface area contributed by atoms with Crippen molar-refractivity contribution < 1.29 is 14.6 Å². The summed E-state index contributed by atoms with van der Waals surface area (Å²) in [5, 5.41) is 10.5. The third-order valence-corrected chi connectivity index (χ3v) is 4.90. The van der Waals surface area contributed by atoms with Crippen LogP contribution >= 0.6 is 0 Å². The molecule has 0 N–H and O–H groups in total. The predicted molar refractivity (Wildman–Crippen MR) is 107 cm³/mol. The number of unbranched alkanes of at least 4 members (excludes halogenated alkanes) is 6. The third-order valence-electron chi connectivity index (χ3n) is 4.90. The fourth-order valence-electron chi connectivity index (χ4n) is 3.36. The highest BCUT2D eigenvalue weighted by Crippen LogP contribution is 2.21. The first kappa shape index (κ1) is 22.7. The standard InChI is InChI=1S/C22H37NO3/c1-5-6-7-8-9-10-11-12-20-13-15-21(16-14-20)23(3,4)17-19(2)26-18-22(24)25/h13-16,19H,5-12,17-18H2,1-4H3. The Hall–Kier alpha value is -1.39. The van der Waals surface area contributed by atoms with Crippen molar-refractivity contribution in [2.24, 2.45) is 0 Å². The van der Waals surface area contributed by atoms with Gasteiger partial charge in [-0.25, -0.2) is 0 Å². The smallest absolute Gasteiger partial charge is 0.132 e. The van der Waals surface area contributed by atoms with Crippen LogP contribution in [0, 0.1) is 0 Å². The van der Waals surface area contributed by atoms with Gasteiger partial charge in [0.25, 0.3) is 0 Å². The highest BCUT2D eigenvalue weighted by Gasteiger charge is 2.22. The second-order valence-electron chi connectivity index (χ2n) is 7.90. The van der Waals surface area contributed by atoms with Crippen molar-refractivity contribution in [2.75, 3.05) is 27.2 Å². The van der Waals surface area contributed by atoms with E-state index in [0.29, 0.717) is 11.0 Å². The van der Waals surface area contributed by atoms with E-state index >= 15 is 0 Å². The average molecular weight is 364 g/mol. The third kappa shape index (κ3) is 9.35. The van der Waals surface area contributed by atoms with E-state index in [2.05, 4.69) is 45.3 Å². The van der Waals surface area contributed by atoms with Crippen LogP contribution in [0.4, 0.5) is 5.69 Å². The van der Waals surface area contributed by atoms with Gasteiger partial charge in [-0.2, -0.15) is 0 Å². The van der Waals surface area contributed by atoms with E-state index in [1.165, 1.54) is 56.2 Å². The molecule has 0 heterocycles. The minimum atomic E-state index is -1.17. The van der Waals surface area contributed by atoms with Crippen LogP contribution in [0.25, 0.3) is 0 Å². The summed E-state index contributed by atoms with van der Waals surface area (Å²) in [6.07, 6.45) is 10.4. The zero-order chi connectivity index (χ0) is 19.4. The van der Waals surface area contributed by atoms with Crippen LogP contribution in [0.2, 0.25) is 0 Å². The molecule has 1 aromatic rings. The number of carbonyl (C=O) groups is 1. The van der Waals surface area contributed by atoms with Gasteiger partial charge in [0.2, 0.25) is 0 Å². The molecule has 0 spiro atoms. The van der Waals surface area contributed by atoms with Gasteiger partial charge in [0.05, 0.1) is 26.7 Å². The Kier molecular flexibility index (Phi) is 10.5. The van der Waals surface area contributed by atoms with Crippen molar-refractivity contribution in [1.29, 1.82) is 0 Å². The molecule has 148 valence electrons. The van der Waals surface area contributed by atoms with Crippen LogP contribution in [0.5, 0.6) is 0 Å². The number of carboxylic acids is 1. The fraction of sp³-hybridized carbons (Fsp3) is 0.682. The van der Waals surface area contributed by atoms with E-state index in [1.807, 2.05) is 6.92 Å². The lowest BCUT2D eigenvalue weighted by molar-refractivity contribution is -0.310. The summed E-state index contributed by atoms with van der Waals surface area (Å²) >= 11 is 0. The SMILES string of the molecule is CCCCCCCCCc1ccc([N+](C)(C)CC(C)OCC(=O)[O-])cc1. The Balaban J connectivity index is 2.38. The summed E-state index contributed by atoms with van der Waals surface area (Å²) in [7, 11) is 4.23. The number of carbonyl (C=O) groups excluding carboxylic acids is 1. The monoisotopic (exact) mass is 363 g/mol. The van der Waals surface area contributed by atoms with E-state index in [9.17, 15) is 9.90 Å². The lowest BCUT2D eigenvalue weighted by atomic mass is 10.0. The minimum Gasteiger partial charge on any atom is -0.548 e. The number of ether oxygens (including phenoxy) is 1. The molecular weight excluding hydrogens is 326 g/mol. The van der Waals surface area contributed by atoms with Crippen LogP contribution in [0.3, 0.4) is 0 Å². The average Bonchev–Trinajstić information content (AvgIpc) is 2.59. The number of quaternary nitrogens is 1. The molecule has 0 aliphatic heterocycles. The molecular formula is C22H37NO3. The van der Waals surface area contributed by atoms with E-state index < -0.39 is 5.97 Å². The van der Waals surface area contributed by atoms with Gasteiger partial charge in [0.1, 0.15) is 18.3 Å². The van der Waals surface area contributed by atoms with Gasteiger partial charge in [-0.05, 0) is 37.5 Å². The summed E-state index contributed by atoms with van der Waals surface area (Å²) in [5.74, 6) is -1.17. The van der Waals surface area contributed by atoms with Crippen LogP contribution in [0.1, 0.15) is 64.4 Å². The van der Waals surface area contributed by atoms with Gasteiger partial charge in [-0.3, -0.25) is 4.48 Å². The normalized spacial score (nSPS) is 12.9. The zero-order valence-electron chi connectivity index (χ0n) is 17.1. The summed E-state index contributed by atoms with van der Waals surface area (Å²) < 4.78 is 5.97. The molecule has 0 radical (unpaired) electrons. The molecule has 4 heteroatoms. The summed E-state index contributed by atoms with van der Waals surface area (Å²) in [5.41, 5.74) is 2.60. The Morgan fingerprint density at radius 1 is 1.04 bits per heavy atom. The highest BCUT2D eigenvalue weighted by molar-refractivity contribution is 5.65. The maximum atomic E-state index is 10.5. The number of aliphatic carboxylic acids is 1. The van der Waals surface area contributed by atoms with Crippen molar-refractivity contribution in [3.63, 3.8) is 0 Å². The summed E-state index contributed by atoms with van der Waals surface area (Å²) in [6.45, 7) is 4.52. The Bertz CT molecular complexity index is 511. The lowest BCUT2D eigenvalue weighted by Crippen LogP contribution is -2.47. The van der Waals surface area contributed by atoms with Gasteiger partial charge in [0, 0.05) is 0 Å². The molecule has 0 saturated heterocycles. The lowest BCUT2D eigenvalue weighted by Gasteiger charge is -2.32. The van der Waals surface area contributed by atoms with Crippen molar-refractivity contribution in [2.45, 2.75) is 71.3 Å². The van der Waals surface area contributed by atoms with Crippen LogP contribution in [0.15, 0.2) is 24.3 Å². The zero-order valence-corrected chi connectivity index (χ0v) is 17.1. The fourth-order valence-corrected chi connectivity index (χ4v) is 3.36. The second kappa shape index (κ2) is 12.1. The first-order valence-electron chi connectivity index (χ1n) is 10.1. The molecule has 0 aliphatic rings. The van der Waals surface area contributed by atoms with E-state index in [4.69, 9.17) is 4.74 Å². The van der Waals surface area contributed by atoms with Gasteiger partial charge in [-0.15, -0.1) is 0 Å². The van der Waals surface area contributed by atoms with Crippen molar-refractivity contribution in [1.82, 2.24) is 4.48 Å². The summed E-state index contributed by atoms with van der Waals surface area (Å²) in [4.78, 5) is 10.5. The molecule has 1 unspecified atom stereocenters. The molecule has 0 fully saturated rings. The van der Waals surface area contributed by atoms with Crippen molar-refractivity contribution >= 4 is 11.7 Å². The quantitative estimate of drug-likeness (QED) is 0.374. The van der Waals surface area contributed by atoms with Gasteiger partial charge in [-0.1, -0.05) is 57.6 Å². The van der Waals surface area contributed by atoms with Crippen molar-refractivity contribution in [3.8, 4) is 0 Å². The molecule has 0 amide bonds. The number of hydrogen-bond donors (Lipinski definition) is 0. The number of rotatable bonds is 14. The van der Waals surface area contributed by atoms with Crippen LogP contribution in [-0.2, 0) is 16.0 Å². The number of carboxylic acid groups (broad SMARTS) is 1. The summed E-state index contributed by atoms with van der Waals surface area (Å²) in [6, 6.07) is 8.81. The molecule has 1 atom stereocenters. The second-order valence-corrected chi connectivity index (χ2v) is 7.90. The van der Waals surface area contributed by atoms with Gasteiger partial charge < -0.3 is 14.6 Å². The molecule has 0 saturated carbocycles. The van der Waals surface area contributed by atoms with E-state index in [0.717, 1.165) is 6.42 Å². The van der Waals surface area contributed by atoms with Crippen molar-refractivity contribution in [3.05, 3.63) is 29.8 Å². The Morgan fingerprint density at radius 2 is 1.62 bits per heavy atom. The molecule has 4 nitrogen and oxygen atoms in total. The number of likely N-dealkylation sites (N-methyl/N-ethyl adjacent to an activating group) is 1. The first-order valence-corrected chi connectivity index (χ1v) is 10.1. The maximum absolute atomic E-state index is 10.5. The van der Waals surface area contributed by atoms with E-state index in [-0.39, 0.29) is 12.7 Å². The first-order chi connectivity index (χ1) is 12.3. The molecule has 26 heavy (non-hydrogen) atoms. The molecule has 0 aromatic heterocycles. The van der Waals surface area contributed by atoms with E-state index in [1.54, 1.807) is 0 Å². The molecule has 1 aromatic carbocycles.